The minimum atomic E-state index is -3.24. The van der Waals surface area contributed by atoms with Crippen LogP contribution < -0.4 is 0 Å². The van der Waals surface area contributed by atoms with Gasteiger partial charge in [-0.25, -0.2) is 8.42 Å². The molecule has 0 spiro atoms. The van der Waals surface area contributed by atoms with Crippen LogP contribution in [0.25, 0.3) is 0 Å². The number of rotatable bonds is 6. The number of hydrogen-bond acceptors (Lipinski definition) is 5. The number of ether oxygens (including phenoxy) is 1. The van der Waals surface area contributed by atoms with Gasteiger partial charge in [-0.2, -0.15) is 0 Å². The molecular weight excluding hydrogens is 412 g/mol. The van der Waals surface area contributed by atoms with Gasteiger partial charge < -0.3 is 9.64 Å². The van der Waals surface area contributed by atoms with Crippen LogP contribution in [0.5, 0.6) is 0 Å². The van der Waals surface area contributed by atoms with E-state index in [1.807, 2.05) is 31.2 Å². The Morgan fingerprint density at radius 2 is 1.61 bits per heavy atom. The van der Waals surface area contributed by atoms with Crippen molar-refractivity contribution in [2.24, 2.45) is 0 Å². The first-order valence-corrected chi connectivity index (χ1v) is 12.5. The predicted octanol–water partition coefficient (Wildman–Crippen LogP) is 3.53. The van der Waals surface area contributed by atoms with Crippen LogP contribution >= 0.6 is 0 Å². The maximum Gasteiger partial charge on any atom is 0.254 e. The number of morpholine rings is 1. The highest BCUT2D eigenvalue weighted by atomic mass is 32.2. The lowest BCUT2D eigenvalue weighted by Gasteiger charge is -2.35. The summed E-state index contributed by atoms with van der Waals surface area (Å²) in [5.41, 5.74) is 2.69. The molecule has 3 atom stereocenters. The molecule has 2 aromatic carbocycles. The third-order valence-corrected chi connectivity index (χ3v) is 6.92. The number of carbonyl (C=O) groups is 1. The third-order valence-electron chi connectivity index (χ3n) is 5.79. The normalized spacial score (nSPS) is 20.9. The summed E-state index contributed by atoms with van der Waals surface area (Å²) in [6, 6.07) is 14.3. The van der Waals surface area contributed by atoms with Crippen molar-refractivity contribution in [2.45, 2.75) is 50.5 Å². The largest absolute Gasteiger partial charge is 0.373 e. The standard InChI is InChI=1S/C24H32N2O4S/c1-17-14-26(15-18(2)30-17)16-20-6-8-22(9-7-20)24(27)25(4)19(3)21-10-12-23(13-11-21)31(5,28)29/h6-13,17-19H,14-16H2,1-5H3. The Morgan fingerprint density at radius 1 is 1.06 bits per heavy atom. The van der Waals surface area contributed by atoms with E-state index in [0.29, 0.717) is 5.56 Å². The number of hydrogen-bond donors (Lipinski definition) is 0. The number of nitrogens with zero attached hydrogens (tertiary/aromatic N) is 2. The fourth-order valence-electron chi connectivity index (χ4n) is 4.02. The van der Waals surface area contributed by atoms with E-state index in [4.69, 9.17) is 4.74 Å². The third kappa shape index (κ3) is 5.93. The van der Waals surface area contributed by atoms with Gasteiger partial charge in [-0.1, -0.05) is 24.3 Å². The second-order valence-electron chi connectivity index (χ2n) is 8.58. The molecule has 1 aliphatic rings. The van der Waals surface area contributed by atoms with Crippen molar-refractivity contribution in [3.8, 4) is 0 Å². The van der Waals surface area contributed by atoms with E-state index in [1.165, 1.54) is 11.8 Å². The van der Waals surface area contributed by atoms with E-state index in [1.54, 1.807) is 36.2 Å². The van der Waals surface area contributed by atoms with E-state index < -0.39 is 9.84 Å². The average molecular weight is 445 g/mol. The quantitative estimate of drug-likeness (QED) is 0.682. The highest BCUT2D eigenvalue weighted by molar-refractivity contribution is 7.90. The van der Waals surface area contributed by atoms with Gasteiger partial charge in [0.1, 0.15) is 0 Å². The lowest BCUT2D eigenvalue weighted by molar-refractivity contribution is -0.0704. The van der Waals surface area contributed by atoms with Crippen LogP contribution in [0, 0.1) is 0 Å². The van der Waals surface area contributed by atoms with E-state index in [2.05, 4.69) is 18.7 Å². The van der Waals surface area contributed by atoms with Crippen molar-refractivity contribution in [1.82, 2.24) is 9.80 Å². The van der Waals surface area contributed by atoms with Crippen molar-refractivity contribution < 1.29 is 17.9 Å². The molecule has 0 bridgehead atoms. The highest BCUT2D eigenvalue weighted by Crippen LogP contribution is 2.23. The molecule has 1 amide bonds. The van der Waals surface area contributed by atoms with Crippen molar-refractivity contribution in [1.29, 1.82) is 0 Å². The molecule has 1 heterocycles. The van der Waals surface area contributed by atoms with Crippen molar-refractivity contribution >= 4 is 15.7 Å². The van der Waals surface area contributed by atoms with Gasteiger partial charge in [-0.05, 0) is 56.2 Å². The summed E-state index contributed by atoms with van der Waals surface area (Å²) in [5.74, 6) is -0.0696. The zero-order chi connectivity index (χ0) is 22.8. The van der Waals surface area contributed by atoms with Gasteiger partial charge >= 0.3 is 0 Å². The van der Waals surface area contributed by atoms with Crippen LogP contribution in [0.2, 0.25) is 0 Å². The molecule has 7 heteroatoms. The minimum absolute atomic E-state index is 0.0696. The van der Waals surface area contributed by atoms with Gasteiger partial charge in [0, 0.05) is 38.5 Å². The van der Waals surface area contributed by atoms with Crippen LogP contribution in [0.4, 0.5) is 0 Å². The highest BCUT2D eigenvalue weighted by Gasteiger charge is 2.23. The Kier molecular flexibility index (Phi) is 7.19. The Bertz CT molecular complexity index is 993. The van der Waals surface area contributed by atoms with E-state index >= 15 is 0 Å². The maximum atomic E-state index is 13.0. The van der Waals surface area contributed by atoms with Gasteiger partial charge in [0.15, 0.2) is 9.84 Å². The summed E-state index contributed by atoms with van der Waals surface area (Å²) in [5, 5.41) is 0. The van der Waals surface area contributed by atoms with Crippen molar-refractivity contribution in [2.75, 3.05) is 26.4 Å². The monoisotopic (exact) mass is 444 g/mol. The van der Waals surface area contributed by atoms with Gasteiger partial charge in [-0.3, -0.25) is 9.69 Å². The van der Waals surface area contributed by atoms with Gasteiger partial charge in [0.25, 0.3) is 5.91 Å². The molecule has 0 N–H and O–H groups in total. The molecule has 0 aromatic heterocycles. The zero-order valence-electron chi connectivity index (χ0n) is 18.9. The average Bonchev–Trinajstić information content (AvgIpc) is 2.71. The smallest absolute Gasteiger partial charge is 0.254 e. The van der Waals surface area contributed by atoms with E-state index in [9.17, 15) is 13.2 Å². The van der Waals surface area contributed by atoms with E-state index in [0.717, 1.165) is 25.2 Å². The molecule has 2 aromatic rings. The number of carbonyl (C=O) groups excluding carboxylic acids is 1. The van der Waals surface area contributed by atoms with Crippen LogP contribution in [0.1, 0.15) is 48.3 Å². The molecule has 1 fully saturated rings. The summed E-state index contributed by atoms with van der Waals surface area (Å²) < 4.78 is 29.1. The zero-order valence-corrected chi connectivity index (χ0v) is 19.7. The Morgan fingerprint density at radius 3 is 2.13 bits per heavy atom. The van der Waals surface area contributed by atoms with Gasteiger partial charge in [0.2, 0.25) is 0 Å². The Hall–Kier alpha value is -2.22. The molecular formula is C24H32N2O4S. The van der Waals surface area contributed by atoms with Crippen LogP contribution in [0.15, 0.2) is 53.4 Å². The number of benzene rings is 2. The number of amides is 1. The Balaban J connectivity index is 1.65. The summed E-state index contributed by atoms with van der Waals surface area (Å²) in [6.07, 6.45) is 1.64. The topological polar surface area (TPSA) is 66.9 Å². The molecule has 31 heavy (non-hydrogen) atoms. The molecule has 0 radical (unpaired) electrons. The minimum Gasteiger partial charge on any atom is -0.373 e. The predicted molar refractivity (Wildman–Crippen MR) is 122 cm³/mol. The van der Waals surface area contributed by atoms with E-state index in [-0.39, 0.29) is 29.1 Å². The molecule has 0 aliphatic carbocycles. The SMILES string of the molecule is CC1CN(Cc2ccc(C(=O)N(C)C(C)c3ccc(S(C)(=O)=O)cc3)cc2)CC(C)O1. The molecule has 3 unspecified atom stereocenters. The molecule has 1 aliphatic heterocycles. The number of sulfone groups is 1. The molecule has 168 valence electrons. The second-order valence-corrected chi connectivity index (χ2v) is 10.6. The lowest BCUT2D eigenvalue weighted by atomic mass is 10.1. The first kappa shape index (κ1) is 23.4. The van der Waals surface area contributed by atoms with Gasteiger partial charge in [0.05, 0.1) is 23.1 Å². The van der Waals surface area contributed by atoms with Crippen molar-refractivity contribution in [3.63, 3.8) is 0 Å². The molecule has 6 nitrogen and oxygen atoms in total. The first-order valence-electron chi connectivity index (χ1n) is 10.6. The second kappa shape index (κ2) is 9.51. The van der Waals surface area contributed by atoms with Crippen molar-refractivity contribution in [3.05, 3.63) is 65.2 Å². The summed E-state index contributed by atoms with van der Waals surface area (Å²) in [4.78, 5) is 17.3. The van der Waals surface area contributed by atoms with Crippen LogP contribution in [-0.2, 0) is 21.1 Å². The van der Waals surface area contributed by atoms with Crippen LogP contribution in [0.3, 0.4) is 0 Å². The lowest BCUT2D eigenvalue weighted by Crippen LogP contribution is -2.44. The summed E-state index contributed by atoms with van der Waals surface area (Å²) in [7, 11) is -1.47. The molecule has 3 rings (SSSR count). The Labute approximate surface area is 185 Å². The summed E-state index contributed by atoms with van der Waals surface area (Å²) in [6.45, 7) is 8.77. The first-order chi connectivity index (χ1) is 14.5. The summed E-state index contributed by atoms with van der Waals surface area (Å²) >= 11 is 0. The maximum absolute atomic E-state index is 13.0. The molecule has 0 saturated carbocycles. The fraction of sp³-hybridized carbons (Fsp3) is 0.458. The fourth-order valence-corrected chi connectivity index (χ4v) is 4.65. The molecule has 1 saturated heterocycles. The van der Waals surface area contributed by atoms with Gasteiger partial charge in [-0.15, -0.1) is 0 Å². The van der Waals surface area contributed by atoms with Crippen LogP contribution in [-0.4, -0.2) is 62.7 Å².